The van der Waals surface area contributed by atoms with Crippen molar-refractivity contribution in [2.45, 2.75) is 0 Å². The van der Waals surface area contributed by atoms with Gasteiger partial charge in [-0.3, -0.25) is 0 Å². The SMILES string of the molecule is Clc1cccc(-c2c(Cl)ccnc2Cl)c1Cl. The molecule has 16 heavy (non-hydrogen) atoms. The van der Waals surface area contributed by atoms with E-state index in [1.807, 2.05) is 0 Å². The summed E-state index contributed by atoms with van der Waals surface area (Å²) < 4.78 is 0. The van der Waals surface area contributed by atoms with Gasteiger partial charge < -0.3 is 0 Å². The highest BCUT2D eigenvalue weighted by molar-refractivity contribution is 6.45. The molecule has 0 saturated heterocycles. The summed E-state index contributed by atoms with van der Waals surface area (Å²) in [5, 5.41) is 1.66. The Morgan fingerprint density at radius 3 is 2.31 bits per heavy atom. The number of hydrogen-bond donors (Lipinski definition) is 0. The van der Waals surface area contributed by atoms with Gasteiger partial charge in [-0.1, -0.05) is 58.5 Å². The zero-order valence-corrected chi connectivity index (χ0v) is 10.9. The van der Waals surface area contributed by atoms with Crippen LogP contribution in [0.3, 0.4) is 0 Å². The first-order valence-corrected chi connectivity index (χ1v) is 5.87. The smallest absolute Gasteiger partial charge is 0.138 e. The second-order valence-electron chi connectivity index (χ2n) is 3.06. The van der Waals surface area contributed by atoms with Crippen molar-refractivity contribution in [2.75, 3.05) is 0 Å². The molecule has 1 aromatic heterocycles. The second kappa shape index (κ2) is 4.80. The largest absolute Gasteiger partial charge is 0.244 e. The van der Waals surface area contributed by atoms with Crippen LogP contribution in [-0.2, 0) is 0 Å². The molecular weight excluding hydrogens is 288 g/mol. The van der Waals surface area contributed by atoms with Crippen molar-refractivity contribution in [2.24, 2.45) is 0 Å². The number of hydrogen-bond acceptors (Lipinski definition) is 1. The van der Waals surface area contributed by atoms with Crippen LogP contribution in [-0.4, -0.2) is 4.98 Å². The minimum atomic E-state index is 0.302. The molecule has 0 spiro atoms. The van der Waals surface area contributed by atoms with Gasteiger partial charge in [0.05, 0.1) is 15.1 Å². The van der Waals surface area contributed by atoms with E-state index in [2.05, 4.69) is 4.98 Å². The van der Waals surface area contributed by atoms with Gasteiger partial charge in [-0.25, -0.2) is 4.98 Å². The average molecular weight is 293 g/mol. The van der Waals surface area contributed by atoms with Gasteiger partial charge in [0, 0.05) is 17.3 Å². The van der Waals surface area contributed by atoms with E-state index >= 15 is 0 Å². The van der Waals surface area contributed by atoms with Crippen molar-refractivity contribution < 1.29 is 0 Å². The van der Waals surface area contributed by atoms with Crippen LogP contribution in [0.1, 0.15) is 0 Å². The van der Waals surface area contributed by atoms with Crippen LogP contribution < -0.4 is 0 Å². The Bertz CT molecular complexity index is 519. The van der Waals surface area contributed by atoms with Crippen LogP contribution in [0.25, 0.3) is 11.1 Å². The molecule has 0 aliphatic carbocycles. The lowest BCUT2D eigenvalue weighted by atomic mass is 10.1. The molecule has 0 aliphatic rings. The van der Waals surface area contributed by atoms with Crippen LogP contribution >= 0.6 is 46.4 Å². The third kappa shape index (κ3) is 2.14. The number of nitrogens with zero attached hydrogens (tertiary/aromatic N) is 1. The number of benzene rings is 1. The number of halogens is 4. The Morgan fingerprint density at radius 1 is 0.875 bits per heavy atom. The molecule has 5 heteroatoms. The van der Waals surface area contributed by atoms with E-state index in [9.17, 15) is 0 Å². The zero-order chi connectivity index (χ0) is 11.7. The molecule has 0 aliphatic heterocycles. The number of rotatable bonds is 1. The summed E-state index contributed by atoms with van der Waals surface area (Å²) in [5.41, 5.74) is 1.27. The lowest BCUT2D eigenvalue weighted by molar-refractivity contribution is 1.33. The van der Waals surface area contributed by atoms with E-state index in [0.717, 1.165) is 0 Å². The highest BCUT2D eigenvalue weighted by Gasteiger charge is 2.13. The molecule has 1 aromatic carbocycles. The van der Waals surface area contributed by atoms with Crippen molar-refractivity contribution in [1.82, 2.24) is 4.98 Å². The Labute approximate surface area is 113 Å². The lowest BCUT2D eigenvalue weighted by Gasteiger charge is -2.08. The summed E-state index contributed by atoms with van der Waals surface area (Å²) in [7, 11) is 0. The van der Waals surface area contributed by atoms with Gasteiger partial charge in [-0.15, -0.1) is 0 Å². The van der Waals surface area contributed by atoms with Gasteiger partial charge in [-0.05, 0) is 12.1 Å². The maximum atomic E-state index is 6.09. The molecular formula is C11H5Cl4N. The molecule has 0 fully saturated rings. The quantitative estimate of drug-likeness (QED) is 0.645. The van der Waals surface area contributed by atoms with Crippen LogP contribution in [0, 0.1) is 0 Å². The van der Waals surface area contributed by atoms with Gasteiger partial charge in [0.2, 0.25) is 0 Å². The van der Waals surface area contributed by atoms with Crippen LogP contribution in [0.2, 0.25) is 20.2 Å². The molecule has 1 heterocycles. The normalized spacial score (nSPS) is 10.5. The molecule has 0 bridgehead atoms. The van der Waals surface area contributed by atoms with Crippen molar-refractivity contribution in [3.05, 3.63) is 50.7 Å². The minimum absolute atomic E-state index is 0.302. The topological polar surface area (TPSA) is 12.9 Å². The Morgan fingerprint density at radius 2 is 1.62 bits per heavy atom. The summed E-state index contributed by atoms with van der Waals surface area (Å²) in [6.07, 6.45) is 1.53. The van der Waals surface area contributed by atoms with Crippen molar-refractivity contribution in [3.8, 4) is 11.1 Å². The van der Waals surface area contributed by atoms with Crippen molar-refractivity contribution in [1.29, 1.82) is 0 Å². The maximum absolute atomic E-state index is 6.09. The fourth-order valence-corrected chi connectivity index (χ4v) is 2.30. The molecule has 82 valence electrons. The third-order valence-corrected chi connectivity index (χ3v) is 3.50. The predicted octanol–water partition coefficient (Wildman–Crippen LogP) is 5.36. The summed E-state index contributed by atoms with van der Waals surface area (Å²) in [6, 6.07) is 6.93. The van der Waals surface area contributed by atoms with Crippen molar-refractivity contribution in [3.63, 3.8) is 0 Å². The second-order valence-corrected chi connectivity index (χ2v) is 4.61. The molecule has 0 N–H and O–H groups in total. The first-order valence-electron chi connectivity index (χ1n) is 4.35. The van der Waals surface area contributed by atoms with Gasteiger partial charge in [-0.2, -0.15) is 0 Å². The van der Waals surface area contributed by atoms with Crippen LogP contribution in [0.15, 0.2) is 30.5 Å². The van der Waals surface area contributed by atoms with Crippen LogP contribution in [0.4, 0.5) is 0 Å². The molecule has 2 rings (SSSR count). The molecule has 0 unspecified atom stereocenters. The first-order chi connectivity index (χ1) is 7.61. The van der Waals surface area contributed by atoms with Crippen molar-refractivity contribution >= 4 is 46.4 Å². The molecule has 0 amide bonds. The van der Waals surface area contributed by atoms with Crippen LogP contribution in [0.5, 0.6) is 0 Å². The Balaban J connectivity index is 2.73. The van der Waals surface area contributed by atoms with E-state index in [4.69, 9.17) is 46.4 Å². The Hall–Kier alpha value is -0.470. The maximum Gasteiger partial charge on any atom is 0.138 e. The zero-order valence-electron chi connectivity index (χ0n) is 7.85. The molecule has 0 atom stereocenters. The molecule has 1 nitrogen and oxygen atoms in total. The predicted molar refractivity (Wildman–Crippen MR) is 69.7 cm³/mol. The minimum Gasteiger partial charge on any atom is -0.244 e. The van der Waals surface area contributed by atoms with Gasteiger partial charge >= 0.3 is 0 Å². The first kappa shape index (κ1) is 12.0. The fraction of sp³-hybridized carbons (Fsp3) is 0. The van der Waals surface area contributed by atoms with E-state index in [1.165, 1.54) is 6.20 Å². The van der Waals surface area contributed by atoms with E-state index in [0.29, 0.717) is 31.3 Å². The van der Waals surface area contributed by atoms with E-state index in [-0.39, 0.29) is 0 Å². The number of pyridine rings is 1. The summed E-state index contributed by atoms with van der Waals surface area (Å²) in [5.74, 6) is 0. The van der Waals surface area contributed by atoms with Gasteiger partial charge in [0.25, 0.3) is 0 Å². The standard InChI is InChI=1S/C11H5Cl4N/c12-7-4-5-16-11(15)9(7)6-2-1-3-8(13)10(6)14/h1-5H. The van der Waals surface area contributed by atoms with E-state index in [1.54, 1.807) is 24.3 Å². The molecule has 2 aromatic rings. The third-order valence-electron chi connectivity index (χ3n) is 2.07. The fourth-order valence-electron chi connectivity index (χ4n) is 1.35. The average Bonchev–Trinajstić information content (AvgIpc) is 2.24. The highest BCUT2D eigenvalue weighted by atomic mass is 35.5. The molecule has 0 saturated carbocycles. The van der Waals surface area contributed by atoms with Gasteiger partial charge in [0.1, 0.15) is 5.15 Å². The Kier molecular flexibility index (Phi) is 3.60. The summed E-state index contributed by atoms with van der Waals surface area (Å²) >= 11 is 24.1. The highest BCUT2D eigenvalue weighted by Crippen LogP contribution is 2.39. The van der Waals surface area contributed by atoms with Gasteiger partial charge in [0.15, 0.2) is 0 Å². The van der Waals surface area contributed by atoms with E-state index < -0.39 is 0 Å². The number of aromatic nitrogens is 1. The lowest BCUT2D eigenvalue weighted by Crippen LogP contribution is -1.86. The summed E-state index contributed by atoms with van der Waals surface area (Å²) in [6.45, 7) is 0. The monoisotopic (exact) mass is 291 g/mol. The molecule has 0 radical (unpaired) electrons. The summed E-state index contributed by atoms with van der Waals surface area (Å²) in [4.78, 5) is 3.97.